The normalized spacial score (nSPS) is 20.6. The van der Waals surface area contributed by atoms with Gasteiger partial charge in [-0.05, 0) is 43.2 Å². The molecule has 7 nitrogen and oxygen atoms in total. The number of hydrogen-bond acceptors (Lipinski definition) is 7. The number of rotatable bonds is 9. The van der Waals surface area contributed by atoms with Gasteiger partial charge in [0.2, 0.25) is 0 Å². The first-order chi connectivity index (χ1) is 15.6. The van der Waals surface area contributed by atoms with Gasteiger partial charge >= 0.3 is 5.97 Å². The van der Waals surface area contributed by atoms with Crippen molar-refractivity contribution in [1.82, 2.24) is 4.72 Å². The van der Waals surface area contributed by atoms with Gasteiger partial charge in [0.05, 0.1) is 21.9 Å². The van der Waals surface area contributed by atoms with Gasteiger partial charge in [0.1, 0.15) is 0 Å². The molecule has 0 aliphatic carbocycles. The van der Waals surface area contributed by atoms with Gasteiger partial charge in [0, 0.05) is 37.8 Å². The van der Waals surface area contributed by atoms with Crippen molar-refractivity contribution in [2.45, 2.75) is 49.3 Å². The zero-order chi connectivity index (χ0) is 24.2. The van der Waals surface area contributed by atoms with Crippen molar-refractivity contribution >= 4 is 45.6 Å². The van der Waals surface area contributed by atoms with Crippen LogP contribution in [0.2, 0.25) is 0 Å². The molecule has 2 aromatic rings. The number of nitrogens with one attached hydrogen (secondary N) is 1. The van der Waals surface area contributed by atoms with Crippen LogP contribution < -0.4 is 14.5 Å². The Kier molecular flexibility index (Phi) is 8.23. The molecule has 33 heavy (non-hydrogen) atoms. The topological polar surface area (TPSA) is 96.3 Å². The van der Waals surface area contributed by atoms with Gasteiger partial charge in [-0.2, -0.15) is 0 Å². The van der Waals surface area contributed by atoms with Crippen LogP contribution in [0.1, 0.15) is 38.7 Å². The first kappa shape index (κ1) is 25.7. The lowest BCUT2D eigenvalue weighted by Crippen LogP contribution is -2.49. The van der Waals surface area contributed by atoms with E-state index in [-0.39, 0.29) is 5.75 Å². The smallest absolute Gasteiger partial charge is 0.313 e. The number of benzene rings is 2. The number of fused-ring (bicyclic) bond motifs is 1. The molecule has 1 heterocycles. The maximum absolute atomic E-state index is 11.4. The van der Waals surface area contributed by atoms with Gasteiger partial charge in [-0.25, -0.2) is 4.72 Å². The molecule has 1 atom stereocenters. The third-order valence-corrected chi connectivity index (χ3v) is 8.45. The third-order valence-electron chi connectivity index (χ3n) is 5.77. The molecular weight excluding hydrogens is 458 g/mol. The van der Waals surface area contributed by atoms with E-state index in [1.807, 2.05) is 61.5 Å². The van der Waals surface area contributed by atoms with E-state index in [1.54, 1.807) is 0 Å². The first-order valence-corrected chi connectivity index (χ1v) is 13.8. The minimum absolute atomic E-state index is 0.0102. The summed E-state index contributed by atoms with van der Waals surface area (Å²) in [4.78, 5) is 15.6. The number of carboxylic acid groups (broad SMARTS) is 1. The second-order valence-electron chi connectivity index (χ2n) is 8.97. The second kappa shape index (κ2) is 10.6. The van der Waals surface area contributed by atoms with E-state index in [0.717, 1.165) is 41.9 Å². The van der Waals surface area contributed by atoms with Crippen molar-refractivity contribution in [3.63, 3.8) is 0 Å². The number of hydrogen-bond donors (Lipinski definition) is 4. The Labute approximate surface area is 202 Å². The highest BCUT2D eigenvalue weighted by Gasteiger charge is 2.39. The number of aliphatic carboxylic acids is 1. The Morgan fingerprint density at radius 1 is 1.24 bits per heavy atom. The van der Waals surface area contributed by atoms with Gasteiger partial charge < -0.3 is 14.9 Å². The fourth-order valence-electron chi connectivity index (χ4n) is 4.22. The summed E-state index contributed by atoms with van der Waals surface area (Å²) in [6.45, 7) is 4.77. The van der Waals surface area contributed by atoms with E-state index in [0.29, 0.717) is 17.2 Å². The largest absolute Gasteiger partial charge is 0.481 e. The Bertz CT molecular complexity index is 972. The third kappa shape index (κ3) is 6.16. The molecule has 0 saturated heterocycles. The SMILES string of the molecule is CCCCC1(C)CN(c2ccccc2)c2cc(N(C)C)c(CSCC(=O)O)cc2S(O)(O)N1. The predicted molar refractivity (Wildman–Crippen MR) is 140 cm³/mol. The summed E-state index contributed by atoms with van der Waals surface area (Å²) in [7, 11) is 0.586. The predicted octanol–water partition coefficient (Wildman–Crippen LogP) is 5.79. The monoisotopic (exact) mass is 493 g/mol. The van der Waals surface area contributed by atoms with Crippen LogP contribution in [0.4, 0.5) is 17.1 Å². The van der Waals surface area contributed by atoms with Gasteiger partial charge in [-0.1, -0.05) is 38.0 Å². The van der Waals surface area contributed by atoms with Crippen molar-refractivity contribution in [1.29, 1.82) is 0 Å². The maximum atomic E-state index is 11.4. The van der Waals surface area contributed by atoms with Crippen LogP contribution in [0.25, 0.3) is 0 Å². The van der Waals surface area contributed by atoms with Crippen LogP contribution in [-0.2, 0) is 10.5 Å². The molecule has 3 rings (SSSR count). The zero-order valence-electron chi connectivity index (χ0n) is 19.7. The molecule has 0 radical (unpaired) electrons. The highest BCUT2D eigenvalue weighted by atomic mass is 32.3. The van der Waals surface area contributed by atoms with E-state index in [4.69, 9.17) is 5.11 Å². The number of carboxylic acids is 1. The van der Waals surface area contributed by atoms with Crippen molar-refractivity contribution in [2.24, 2.45) is 0 Å². The molecule has 1 aliphatic rings. The van der Waals surface area contributed by atoms with E-state index in [2.05, 4.69) is 23.5 Å². The van der Waals surface area contributed by atoms with Gasteiger partial charge in [-0.15, -0.1) is 22.5 Å². The second-order valence-corrected chi connectivity index (χ2v) is 11.7. The first-order valence-electron chi connectivity index (χ1n) is 11.1. The summed E-state index contributed by atoms with van der Waals surface area (Å²) in [6.07, 6.45) is 2.79. The lowest BCUT2D eigenvalue weighted by molar-refractivity contribution is -0.133. The minimum atomic E-state index is -3.30. The van der Waals surface area contributed by atoms with Crippen LogP contribution in [-0.4, -0.2) is 52.1 Å². The average Bonchev–Trinajstić information content (AvgIpc) is 2.84. The summed E-state index contributed by atoms with van der Waals surface area (Å²) in [5.41, 5.74) is 3.03. The molecule has 0 aromatic heterocycles. The van der Waals surface area contributed by atoms with Crippen molar-refractivity contribution < 1.29 is 19.0 Å². The molecular formula is C24H35N3O4S2. The lowest BCUT2D eigenvalue weighted by Gasteiger charge is -2.41. The summed E-state index contributed by atoms with van der Waals surface area (Å²) in [5, 5.41) is 9.05. The van der Waals surface area contributed by atoms with Gasteiger partial charge in [0.15, 0.2) is 0 Å². The lowest BCUT2D eigenvalue weighted by atomic mass is 9.94. The van der Waals surface area contributed by atoms with Gasteiger partial charge in [-0.3, -0.25) is 13.9 Å². The molecule has 0 fully saturated rings. The summed E-state index contributed by atoms with van der Waals surface area (Å²) in [5.74, 6) is -0.417. The van der Waals surface area contributed by atoms with Crippen LogP contribution in [0.3, 0.4) is 0 Å². The quantitative estimate of drug-likeness (QED) is 0.349. The Hall–Kier alpha value is -1.91. The van der Waals surface area contributed by atoms with Crippen LogP contribution >= 0.6 is 22.5 Å². The molecule has 2 aromatic carbocycles. The summed E-state index contributed by atoms with van der Waals surface area (Å²) >= 11 is 1.30. The number of thioether (sulfide) groups is 1. The number of unbranched alkanes of at least 4 members (excludes halogenated alkanes) is 1. The number of nitrogens with zero attached hydrogens (tertiary/aromatic N) is 2. The summed E-state index contributed by atoms with van der Waals surface area (Å²) < 4.78 is 25.9. The number of para-hydroxylation sites is 1. The van der Waals surface area contributed by atoms with E-state index >= 15 is 0 Å². The van der Waals surface area contributed by atoms with Crippen LogP contribution in [0.15, 0.2) is 47.4 Å². The van der Waals surface area contributed by atoms with E-state index < -0.39 is 22.3 Å². The summed E-state index contributed by atoms with van der Waals surface area (Å²) in [6, 6.07) is 13.8. The molecule has 9 heteroatoms. The Morgan fingerprint density at radius 2 is 1.94 bits per heavy atom. The average molecular weight is 494 g/mol. The van der Waals surface area contributed by atoms with Crippen molar-refractivity contribution in [3.8, 4) is 0 Å². The minimum Gasteiger partial charge on any atom is -0.481 e. The standard InChI is InChI=1S/C24H35N3O4S2/c1-5-6-12-24(2)17-27(19-10-8-7-9-11-19)21-14-20(26(3)4)18(15-32-16-23(28)29)13-22(21)33(30,31)25-24/h7-11,13-14,25,30-31H,5-6,12,15-17H2,1-4H3,(H,28,29). The maximum Gasteiger partial charge on any atom is 0.313 e. The number of anilines is 3. The molecule has 0 saturated carbocycles. The van der Waals surface area contributed by atoms with Crippen LogP contribution in [0.5, 0.6) is 0 Å². The molecule has 182 valence electrons. The highest BCUT2D eigenvalue weighted by Crippen LogP contribution is 2.56. The van der Waals surface area contributed by atoms with Crippen LogP contribution in [0, 0.1) is 0 Å². The van der Waals surface area contributed by atoms with E-state index in [1.165, 1.54) is 11.8 Å². The highest BCUT2D eigenvalue weighted by molar-refractivity contribution is 8.22. The zero-order valence-corrected chi connectivity index (χ0v) is 21.4. The fourth-order valence-corrected chi connectivity index (χ4v) is 6.68. The molecule has 0 amide bonds. The molecule has 0 spiro atoms. The van der Waals surface area contributed by atoms with Gasteiger partial charge in [0.25, 0.3) is 0 Å². The van der Waals surface area contributed by atoms with Crippen molar-refractivity contribution in [3.05, 3.63) is 48.0 Å². The fraction of sp³-hybridized carbons (Fsp3) is 0.458. The molecule has 1 aliphatic heterocycles. The molecule has 0 bridgehead atoms. The van der Waals surface area contributed by atoms with Crippen molar-refractivity contribution in [2.75, 3.05) is 36.2 Å². The molecule has 1 unspecified atom stereocenters. The molecule has 4 N–H and O–H groups in total. The number of carbonyl (C=O) groups is 1. The Morgan fingerprint density at radius 3 is 2.55 bits per heavy atom. The van der Waals surface area contributed by atoms with E-state index in [9.17, 15) is 13.9 Å². The Balaban J connectivity index is 2.17.